The minimum Gasteiger partial charge on any atom is -0.481 e. The van der Waals surface area contributed by atoms with Gasteiger partial charge in [-0.1, -0.05) is 18.2 Å². The zero-order valence-corrected chi connectivity index (χ0v) is 9.07. The first-order chi connectivity index (χ1) is 7.99. The lowest BCUT2D eigenvalue weighted by molar-refractivity contribution is -0.0800. The lowest BCUT2D eigenvalue weighted by Crippen LogP contribution is -2.00. The van der Waals surface area contributed by atoms with Gasteiger partial charge in [-0.3, -0.25) is 0 Å². The second-order valence-corrected chi connectivity index (χ2v) is 3.41. The van der Waals surface area contributed by atoms with Gasteiger partial charge in [-0.05, 0) is 25.0 Å². The van der Waals surface area contributed by atoms with Crippen molar-refractivity contribution in [1.29, 1.82) is 0 Å². The number of aliphatic hydroxyl groups excluding tert-OH is 1. The van der Waals surface area contributed by atoms with E-state index in [2.05, 4.69) is 0 Å². The highest BCUT2D eigenvalue weighted by molar-refractivity contribution is 5.40. The number of hydrogen-bond acceptors (Lipinski definition) is 2. The van der Waals surface area contributed by atoms with Crippen molar-refractivity contribution in [3.63, 3.8) is 0 Å². The lowest BCUT2D eigenvalue weighted by Gasteiger charge is -2.04. The van der Waals surface area contributed by atoms with Crippen LogP contribution in [0.2, 0.25) is 0 Å². The minimum absolute atomic E-state index is 0.180. The van der Waals surface area contributed by atoms with Crippen LogP contribution in [0.3, 0.4) is 0 Å². The fraction of sp³-hybridized carbons (Fsp3) is 0.333. The molecule has 0 aliphatic heterocycles. The highest BCUT2D eigenvalue weighted by atomic mass is 19.4. The number of alkyl halides is 3. The Labute approximate surface area is 97.4 Å². The summed E-state index contributed by atoms with van der Waals surface area (Å²) in [4.78, 5) is 0. The molecule has 0 saturated carbocycles. The van der Waals surface area contributed by atoms with E-state index < -0.39 is 6.18 Å². The van der Waals surface area contributed by atoms with Gasteiger partial charge in [0, 0.05) is 6.08 Å². The summed E-state index contributed by atoms with van der Waals surface area (Å²) >= 11 is 0. The number of aliphatic hydroxyl groups is 1. The van der Waals surface area contributed by atoms with Crippen LogP contribution in [0.15, 0.2) is 48.0 Å². The predicted octanol–water partition coefficient (Wildman–Crippen LogP) is 3.80. The van der Waals surface area contributed by atoms with Gasteiger partial charge in [0.05, 0.1) is 12.2 Å². The standard InChI is InChI=1S/C12H13F3O2/c13-12(14,15)8-4-1-5-9-17-11(16)10-6-2-3-7-10/h2-4,6-8,16H,1,5,9H2/b8-4-. The number of hydrogen-bond donors (Lipinski definition) is 1. The molecule has 0 aromatic carbocycles. The maximum Gasteiger partial charge on any atom is 0.409 e. The van der Waals surface area contributed by atoms with Crippen molar-refractivity contribution in [3.05, 3.63) is 48.0 Å². The first-order valence-electron chi connectivity index (χ1n) is 5.14. The Hall–Kier alpha value is -1.65. The van der Waals surface area contributed by atoms with Crippen molar-refractivity contribution in [3.8, 4) is 0 Å². The van der Waals surface area contributed by atoms with Crippen LogP contribution in [-0.2, 0) is 4.74 Å². The quantitative estimate of drug-likeness (QED) is 0.454. The molecular formula is C12H13F3O2. The molecule has 2 nitrogen and oxygen atoms in total. The SMILES string of the molecule is OC(OCCC/C=C\C(F)(F)F)=C1C=CC=C1. The summed E-state index contributed by atoms with van der Waals surface area (Å²) in [5.74, 6) is -0.199. The summed E-state index contributed by atoms with van der Waals surface area (Å²) in [7, 11) is 0. The normalized spacial score (nSPS) is 14.9. The van der Waals surface area contributed by atoms with E-state index in [1.54, 1.807) is 24.3 Å². The van der Waals surface area contributed by atoms with Gasteiger partial charge < -0.3 is 9.84 Å². The van der Waals surface area contributed by atoms with Crippen LogP contribution in [0.4, 0.5) is 13.2 Å². The van der Waals surface area contributed by atoms with Crippen LogP contribution in [0, 0.1) is 0 Å². The average molecular weight is 246 g/mol. The summed E-state index contributed by atoms with van der Waals surface area (Å²) in [6.45, 7) is 0.180. The van der Waals surface area contributed by atoms with Crippen LogP contribution in [0.25, 0.3) is 0 Å². The van der Waals surface area contributed by atoms with E-state index >= 15 is 0 Å². The van der Waals surface area contributed by atoms with Gasteiger partial charge in [0.15, 0.2) is 0 Å². The third kappa shape index (κ3) is 5.85. The molecule has 0 aromatic heterocycles. The molecule has 1 N–H and O–H groups in total. The summed E-state index contributed by atoms with van der Waals surface area (Å²) in [6.07, 6.45) is 4.52. The Morgan fingerprint density at radius 3 is 2.53 bits per heavy atom. The molecule has 17 heavy (non-hydrogen) atoms. The van der Waals surface area contributed by atoms with Gasteiger partial charge >= 0.3 is 6.18 Å². The van der Waals surface area contributed by atoms with Crippen molar-refractivity contribution in [2.45, 2.75) is 19.0 Å². The van der Waals surface area contributed by atoms with Crippen molar-refractivity contribution in [2.75, 3.05) is 6.61 Å². The lowest BCUT2D eigenvalue weighted by atomic mass is 10.3. The monoisotopic (exact) mass is 246 g/mol. The van der Waals surface area contributed by atoms with Crippen LogP contribution < -0.4 is 0 Å². The second kappa shape index (κ2) is 6.18. The third-order valence-corrected chi connectivity index (χ3v) is 1.97. The molecule has 5 heteroatoms. The van der Waals surface area contributed by atoms with Gasteiger partial charge in [-0.25, -0.2) is 0 Å². The second-order valence-electron chi connectivity index (χ2n) is 3.41. The number of rotatable bonds is 5. The molecule has 1 aliphatic carbocycles. The fourth-order valence-electron chi connectivity index (χ4n) is 1.19. The Morgan fingerprint density at radius 1 is 1.29 bits per heavy atom. The molecule has 0 atom stereocenters. The van der Waals surface area contributed by atoms with Gasteiger partial charge in [-0.15, -0.1) is 0 Å². The average Bonchev–Trinajstić information content (AvgIpc) is 2.74. The molecular weight excluding hydrogens is 233 g/mol. The molecule has 1 rings (SSSR count). The number of halogens is 3. The van der Waals surface area contributed by atoms with Crippen LogP contribution in [0.5, 0.6) is 0 Å². The van der Waals surface area contributed by atoms with Crippen molar-refractivity contribution in [2.24, 2.45) is 0 Å². The van der Waals surface area contributed by atoms with Gasteiger partial charge in [0.1, 0.15) is 0 Å². The maximum absolute atomic E-state index is 11.7. The third-order valence-electron chi connectivity index (χ3n) is 1.97. The Kier molecular flexibility index (Phi) is 4.87. The highest BCUT2D eigenvalue weighted by Gasteiger charge is 2.21. The van der Waals surface area contributed by atoms with E-state index in [1.807, 2.05) is 0 Å². The van der Waals surface area contributed by atoms with E-state index in [0.29, 0.717) is 12.0 Å². The molecule has 0 fully saturated rings. The first-order valence-corrected chi connectivity index (χ1v) is 5.14. The molecule has 0 unspecified atom stereocenters. The molecule has 1 aliphatic rings. The van der Waals surface area contributed by atoms with E-state index in [9.17, 15) is 18.3 Å². The number of unbranched alkanes of at least 4 members (excludes halogenated alkanes) is 1. The zero-order chi connectivity index (χ0) is 12.7. The predicted molar refractivity (Wildman–Crippen MR) is 58.3 cm³/mol. The molecule has 0 radical (unpaired) electrons. The first kappa shape index (κ1) is 13.4. The largest absolute Gasteiger partial charge is 0.481 e. The Bertz CT molecular complexity index is 348. The summed E-state index contributed by atoms with van der Waals surface area (Å²) in [6, 6.07) is 0. The van der Waals surface area contributed by atoms with Crippen LogP contribution in [-0.4, -0.2) is 17.9 Å². The Balaban J connectivity index is 2.17. The van der Waals surface area contributed by atoms with Crippen molar-refractivity contribution >= 4 is 0 Å². The van der Waals surface area contributed by atoms with Crippen molar-refractivity contribution < 1.29 is 23.0 Å². The number of allylic oxidation sites excluding steroid dienone is 7. The molecule has 0 aromatic rings. The molecule has 0 spiro atoms. The van der Waals surface area contributed by atoms with Crippen LogP contribution in [0.1, 0.15) is 12.8 Å². The molecule has 0 saturated heterocycles. The van der Waals surface area contributed by atoms with Gasteiger partial charge in [0.2, 0.25) is 0 Å². The van der Waals surface area contributed by atoms with E-state index in [1.165, 1.54) is 0 Å². The van der Waals surface area contributed by atoms with E-state index in [0.717, 1.165) is 6.08 Å². The van der Waals surface area contributed by atoms with Crippen molar-refractivity contribution in [1.82, 2.24) is 0 Å². The molecule has 94 valence electrons. The fourth-order valence-corrected chi connectivity index (χ4v) is 1.19. The zero-order valence-electron chi connectivity index (χ0n) is 9.07. The van der Waals surface area contributed by atoms with Crippen LogP contribution >= 0.6 is 0 Å². The molecule has 0 heterocycles. The van der Waals surface area contributed by atoms with E-state index in [4.69, 9.17) is 4.74 Å². The maximum atomic E-state index is 11.7. The minimum atomic E-state index is -4.26. The summed E-state index contributed by atoms with van der Waals surface area (Å²) in [5.41, 5.74) is 0.566. The van der Waals surface area contributed by atoms with Gasteiger partial charge in [-0.2, -0.15) is 13.2 Å². The topological polar surface area (TPSA) is 29.5 Å². The molecule has 0 bridgehead atoms. The summed E-state index contributed by atoms with van der Waals surface area (Å²) < 4.78 is 40.1. The smallest absolute Gasteiger partial charge is 0.409 e. The highest BCUT2D eigenvalue weighted by Crippen LogP contribution is 2.16. The Morgan fingerprint density at radius 2 is 1.94 bits per heavy atom. The summed E-state index contributed by atoms with van der Waals surface area (Å²) in [5, 5.41) is 9.39. The number of ether oxygens (including phenoxy) is 1. The van der Waals surface area contributed by atoms with Gasteiger partial charge in [0.25, 0.3) is 5.95 Å². The molecule has 0 amide bonds. The van der Waals surface area contributed by atoms with E-state index in [-0.39, 0.29) is 25.0 Å².